The van der Waals surface area contributed by atoms with Crippen molar-refractivity contribution in [2.45, 2.75) is 53.1 Å². The lowest BCUT2D eigenvalue weighted by atomic mass is 10.0. The van der Waals surface area contributed by atoms with E-state index in [0.717, 1.165) is 38.8 Å². The topological polar surface area (TPSA) is 75.2 Å². The van der Waals surface area contributed by atoms with Gasteiger partial charge in [-0.3, -0.25) is 14.5 Å². The summed E-state index contributed by atoms with van der Waals surface area (Å²) in [5, 5.41) is 10.6. The fraction of sp³-hybridized carbons (Fsp3) is 0.364. The van der Waals surface area contributed by atoms with Crippen LogP contribution < -0.4 is 10.2 Å². The third-order valence-electron chi connectivity index (χ3n) is 4.63. The van der Waals surface area contributed by atoms with Crippen molar-refractivity contribution in [3.8, 4) is 0 Å². The first-order valence-corrected chi connectivity index (χ1v) is 11.3. The summed E-state index contributed by atoms with van der Waals surface area (Å²) in [6, 6.07) is 6.99. The van der Waals surface area contributed by atoms with Crippen molar-refractivity contribution >= 4 is 40.4 Å². The molecule has 0 aliphatic heterocycles. The SMILES string of the molecule is Cc1ccsc1[C@@H](C(=O)NC(C)(C)C)N(C(=O)c1csnn1)c1c(C)cccc1C. The number of amides is 2. The maximum Gasteiger partial charge on any atom is 0.280 e. The van der Waals surface area contributed by atoms with Crippen molar-refractivity contribution in [3.63, 3.8) is 0 Å². The number of carbonyl (C=O) groups excluding carboxylic acids is 2. The Morgan fingerprint density at radius 2 is 1.73 bits per heavy atom. The molecule has 1 N–H and O–H groups in total. The van der Waals surface area contributed by atoms with Gasteiger partial charge in [-0.25, -0.2) is 0 Å². The summed E-state index contributed by atoms with van der Waals surface area (Å²) in [7, 11) is 0. The first kappa shape index (κ1) is 22.1. The number of para-hydroxylation sites is 1. The van der Waals surface area contributed by atoms with Gasteiger partial charge >= 0.3 is 0 Å². The van der Waals surface area contributed by atoms with Crippen LogP contribution in [0.4, 0.5) is 5.69 Å². The number of hydrogen-bond donors (Lipinski definition) is 1. The largest absolute Gasteiger partial charge is 0.349 e. The van der Waals surface area contributed by atoms with Gasteiger partial charge in [0.25, 0.3) is 5.91 Å². The van der Waals surface area contributed by atoms with Crippen LogP contribution >= 0.6 is 22.9 Å². The van der Waals surface area contributed by atoms with Crippen molar-refractivity contribution in [1.82, 2.24) is 14.9 Å². The Kier molecular flexibility index (Phi) is 6.38. The monoisotopic (exact) mass is 442 g/mol. The minimum Gasteiger partial charge on any atom is -0.349 e. The van der Waals surface area contributed by atoms with Gasteiger partial charge in [-0.15, -0.1) is 16.4 Å². The molecule has 0 aliphatic carbocycles. The lowest BCUT2D eigenvalue weighted by Crippen LogP contribution is -2.49. The maximum atomic E-state index is 13.7. The molecule has 0 radical (unpaired) electrons. The molecule has 0 aliphatic rings. The highest BCUT2D eigenvalue weighted by Gasteiger charge is 2.38. The molecule has 1 atom stereocenters. The standard InChI is InChI=1S/C22H26N4O2S2/c1-13-8-7-9-14(2)17(13)26(21(28)16-12-30-25-24-16)18(19-15(3)10-11-29-19)20(27)23-22(4,5)6/h7-12,18H,1-6H3,(H,23,27)/t18-/m0/s1. The molecule has 0 bridgehead atoms. The van der Waals surface area contributed by atoms with Gasteiger partial charge in [0.2, 0.25) is 5.91 Å². The summed E-state index contributed by atoms with van der Waals surface area (Å²) in [6.07, 6.45) is 0. The number of hydrogen-bond acceptors (Lipinski definition) is 6. The summed E-state index contributed by atoms with van der Waals surface area (Å²) in [5.41, 5.74) is 3.29. The van der Waals surface area contributed by atoms with Crippen LogP contribution in [-0.2, 0) is 4.79 Å². The van der Waals surface area contributed by atoms with E-state index in [0.29, 0.717) is 0 Å². The van der Waals surface area contributed by atoms with E-state index < -0.39 is 11.6 Å². The molecule has 0 unspecified atom stereocenters. The molecule has 30 heavy (non-hydrogen) atoms. The van der Waals surface area contributed by atoms with E-state index in [9.17, 15) is 9.59 Å². The van der Waals surface area contributed by atoms with Crippen LogP contribution in [0, 0.1) is 20.8 Å². The number of nitrogens with zero attached hydrogens (tertiary/aromatic N) is 3. The van der Waals surface area contributed by atoms with E-state index in [1.54, 1.807) is 10.3 Å². The molecule has 0 saturated heterocycles. The summed E-state index contributed by atoms with van der Waals surface area (Å²) in [4.78, 5) is 29.7. The predicted molar refractivity (Wildman–Crippen MR) is 122 cm³/mol. The number of rotatable bonds is 5. The molecular weight excluding hydrogens is 416 g/mol. The van der Waals surface area contributed by atoms with Crippen molar-refractivity contribution in [1.29, 1.82) is 0 Å². The third kappa shape index (κ3) is 4.60. The molecular formula is C22H26N4O2S2. The van der Waals surface area contributed by atoms with Crippen LogP contribution in [0.2, 0.25) is 0 Å². The number of carbonyl (C=O) groups is 2. The molecule has 1 aromatic carbocycles. The van der Waals surface area contributed by atoms with E-state index in [-0.39, 0.29) is 17.5 Å². The van der Waals surface area contributed by atoms with Crippen molar-refractivity contribution < 1.29 is 9.59 Å². The average molecular weight is 443 g/mol. The van der Waals surface area contributed by atoms with E-state index in [1.807, 2.05) is 71.2 Å². The lowest BCUT2D eigenvalue weighted by Gasteiger charge is -2.34. The van der Waals surface area contributed by atoms with Gasteiger partial charge in [-0.05, 0) is 81.2 Å². The second-order valence-electron chi connectivity index (χ2n) is 8.32. The zero-order valence-corrected chi connectivity index (χ0v) is 19.6. The van der Waals surface area contributed by atoms with Gasteiger partial charge in [0.1, 0.15) is 0 Å². The first-order chi connectivity index (χ1) is 14.1. The first-order valence-electron chi connectivity index (χ1n) is 9.63. The fourth-order valence-electron chi connectivity index (χ4n) is 3.37. The van der Waals surface area contributed by atoms with Crippen molar-refractivity contribution in [2.24, 2.45) is 0 Å². The fourth-order valence-corrected chi connectivity index (χ4v) is 4.81. The van der Waals surface area contributed by atoms with Gasteiger partial charge in [-0.2, -0.15) is 0 Å². The number of aryl methyl sites for hydroxylation is 3. The average Bonchev–Trinajstić information content (AvgIpc) is 3.31. The van der Waals surface area contributed by atoms with Gasteiger partial charge < -0.3 is 5.32 Å². The number of nitrogens with one attached hydrogen (secondary N) is 1. The Hall–Kier alpha value is -2.58. The normalized spacial score (nSPS) is 12.5. The number of thiophene rings is 1. The Morgan fingerprint density at radius 3 is 2.23 bits per heavy atom. The van der Waals surface area contributed by atoms with Gasteiger partial charge in [0.05, 0.1) is 5.69 Å². The van der Waals surface area contributed by atoms with E-state index >= 15 is 0 Å². The quantitative estimate of drug-likeness (QED) is 0.614. The molecule has 158 valence electrons. The van der Waals surface area contributed by atoms with Gasteiger partial charge in [0.15, 0.2) is 11.7 Å². The minimum atomic E-state index is -0.821. The number of benzene rings is 1. The lowest BCUT2D eigenvalue weighted by molar-refractivity contribution is -0.123. The summed E-state index contributed by atoms with van der Waals surface area (Å²) in [5.74, 6) is -0.574. The molecule has 2 aromatic heterocycles. The van der Waals surface area contributed by atoms with Crippen LogP contribution in [-0.4, -0.2) is 26.9 Å². The van der Waals surface area contributed by atoms with E-state index in [1.165, 1.54) is 11.3 Å². The van der Waals surface area contributed by atoms with Crippen molar-refractivity contribution in [2.75, 3.05) is 4.90 Å². The van der Waals surface area contributed by atoms with E-state index in [4.69, 9.17) is 0 Å². The van der Waals surface area contributed by atoms with Crippen molar-refractivity contribution in [3.05, 3.63) is 62.3 Å². The summed E-state index contributed by atoms with van der Waals surface area (Å²) >= 11 is 2.59. The zero-order valence-electron chi connectivity index (χ0n) is 18.0. The zero-order chi connectivity index (χ0) is 22.1. The summed E-state index contributed by atoms with van der Waals surface area (Å²) in [6.45, 7) is 11.6. The molecule has 6 nitrogen and oxygen atoms in total. The second-order valence-corrected chi connectivity index (χ2v) is 9.87. The molecule has 2 amide bonds. The highest BCUT2D eigenvalue weighted by Crippen LogP contribution is 2.37. The Morgan fingerprint density at radius 1 is 1.07 bits per heavy atom. The van der Waals surface area contributed by atoms with Crippen LogP contribution in [0.1, 0.15) is 58.9 Å². The molecule has 0 spiro atoms. The van der Waals surface area contributed by atoms with E-state index in [2.05, 4.69) is 14.9 Å². The Balaban J connectivity index is 2.25. The Bertz CT molecular complexity index is 1030. The summed E-state index contributed by atoms with van der Waals surface area (Å²) < 4.78 is 3.85. The van der Waals surface area contributed by atoms with Crippen LogP contribution in [0.15, 0.2) is 35.0 Å². The molecule has 2 heterocycles. The maximum absolute atomic E-state index is 13.7. The Labute approximate surface area is 185 Å². The van der Waals surface area contributed by atoms with Gasteiger partial charge in [0, 0.05) is 15.8 Å². The predicted octanol–water partition coefficient (Wildman–Crippen LogP) is 4.83. The molecule has 8 heteroatoms. The van der Waals surface area contributed by atoms with Crippen LogP contribution in [0.5, 0.6) is 0 Å². The molecule has 3 aromatic rings. The highest BCUT2D eigenvalue weighted by atomic mass is 32.1. The molecule has 0 fully saturated rings. The number of aromatic nitrogens is 2. The minimum absolute atomic E-state index is 0.227. The third-order valence-corrected chi connectivity index (χ3v) is 6.21. The molecule has 0 saturated carbocycles. The van der Waals surface area contributed by atoms with Crippen LogP contribution in [0.25, 0.3) is 0 Å². The second kappa shape index (κ2) is 8.65. The molecule has 3 rings (SSSR count). The van der Waals surface area contributed by atoms with Crippen LogP contribution in [0.3, 0.4) is 0 Å². The number of anilines is 1. The van der Waals surface area contributed by atoms with Gasteiger partial charge in [-0.1, -0.05) is 22.7 Å². The highest BCUT2D eigenvalue weighted by molar-refractivity contribution is 7.10. The smallest absolute Gasteiger partial charge is 0.280 e.